The summed E-state index contributed by atoms with van der Waals surface area (Å²) in [6, 6.07) is 12.1. The maximum absolute atomic E-state index is 5.71. The summed E-state index contributed by atoms with van der Waals surface area (Å²) in [6.07, 6.45) is 5.63. The second-order valence-corrected chi connectivity index (χ2v) is 7.53. The van der Waals surface area contributed by atoms with Crippen molar-refractivity contribution >= 4 is 0 Å². The van der Waals surface area contributed by atoms with Gasteiger partial charge in [0, 0.05) is 0 Å². The number of nitrogens with two attached hydrogens (primary N) is 1. The first kappa shape index (κ1) is 20.0. The fourth-order valence-electron chi connectivity index (χ4n) is 3.15. The van der Waals surface area contributed by atoms with E-state index >= 15 is 0 Å². The number of aromatic nitrogens is 4. The van der Waals surface area contributed by atoms with Crippen molar-refractivity contribution in [2.75, 3.05) is 6.54 Å². The highest BCUT2D eigenvalue weighted by Crippen LogP contribution is 2.27. The number of hydrogen-bond acceptors (Lipinski definition) is 7. The zero-order valence-electron chi connectivity index (χ0n) is 17.2. The van der Waals surface area contributed by atoms with Crippen LogP contribution in [0.4, 0.5) is 0 Å². The number of aryl methyl sites for hydroxylation is 1. The van der Waals surface area contributed by atoms with Crippen molar-refractivity contribution < 1.29 is 8.83 Å². The topological polar surface area (TPSA) is 104 Å². The van der Waals surface area contributed by atoms with E-state index in [0.717, 1.165) is 35.4 Å². The molecule has 0 aliphatic rings. The molecule has 0 aliphatic heterocycles. The molecular formula is C23H25N5O2. The van der Waals surface area contributed by atoms with Crippen LogP contribution in [0.5, 0.6) is 0 Å². The van der Waals surface area contributed by atoms with Crippen LogP contribution in [0.3, 0.4) is 0 Å². The van der Waals surface area contributed by atoms with Crippen LogP contribution in [0, 0.1) is 0 Å². The average Bonchev–Trinajstić information content (AvgIpc) is 3.43. The van der Waals surface area contributed by atoms with E-state index in [9.17, 15) is 0 Å². The third-order valence-electron chi connectivity index (χ3n) is 4.83. The average molecular weight is 403 g/mol. The lowest BCUT2D eigenvalue weighted by atomic mass is 10.0. The summed E-state index contributed by atoms with van der Waals surface area (Å²) in [5.41, 5.74) is 10.7. The van der Waals surface area contributed by atoms with Gasteiger partial charge in [-0.1, -0.05) is 44.2 Å². The molecule has 0 atom stereocenters. The van der Waals surface area contributed by atoms with Crippen LogP contribution in [0.25, 0.3) is 23.2 Å². The molecule has 0 unspecified atom stereocenters. The molecule has 7 nitrogen and oxygen atoms in total. The number of hydrogen-bond donors (Lipinski definition) is 1. The first-order valence-corrected chi connectivity index (χ1v) is 10.1. The molecule has 0 aliphatic carbocycles. The van der Waals surface area contributed by atoms with Crippen molar-refractivity contribution in [3.63, 3.8) is 0 Å². The van der Waals surface area contributed by atoms with Crippen molar-refractivity contribution in [1.29, 1.82) is 0 Å². The van der Waals surface area contributed by atoms with Gasteiger partial charge in [-0.2, -0.15) is 0 Å². The standard InChI is InChI=1S/C23H25N5O2/c1-15(2)20-14-30-22(26-20)19-12-17(11-16-7-4-3-5-8-16)21(28-27-19)23-25-18(13-29-23)9-6-10-24/h3-5,7-8,12-15H,6,9-11,24H2,1-2H3. The number of nitrogens with zero attached hydrogens (tertiary/aromatic N) is 4. The van der Waals surface area contributed by atoms with E-state index in [0.29, 0.717) is 36.1 Å². The third kappa shape index (κ3) is 4.46. The van der Waals surface area contributed by atoms with E-state index in [1.165, 1.54) is 0 Å². The highest BCUT2D eigenvalue weighted by Gasteiger charge is 2.18. The van der Waals surface area contributed by atoms with E-state index < -0.39 is 0 Å². The molecule has 0 saturated heterocycles. The molecule has 4 rings (SSSR count). The van der Waals surface area contributed by atoms with E-state index in [-0.39, 0.29) is 5.92 Å². The van der Waals surface area contributed by atoms with Gasteiger partial charge >= 0.3 is 0 Å². The Labute approximate surface area is 175 Å². The SMILES string of the molecule is CC(C)c1coc(-c2cc(Cc3ccccc3)c(-c3nc(CCCN)co3)nn2)n1. The summed E-state index contributed by atoms with van der Waals surface area (Å²) in [6.45, 7) is 4.76. The normalized spacial score (nSPS) is 11.3. The highest BCUT2D eigenvalue weighted by atomic mass is 16.3. The first-order valence-electron chi connectivity index (χ1n) is 10.1. The molecular weight excluding hydrogens is 378 g/mol. The van der Waals surface area contributed by atoms with Crippen LogP contribution < -0.4 is 5.73 Å². The predicted octanol–water partition coefficient (Wildman–Crippen LogP) is 4.39. The van der Waals surface area contributed by atoms with Crippen LogP contribution in [0.1, 0.15) is 48.7 Å². The minimum absolute atomic E-state index is 0.276. The molecule has 0 bridgehead atoms. The largest absolute Gasteiger partial charge is 0.443 e. The maximum atomic E-state index is 5.71. The van der Waals surface area contributed by atoms with Gasteiger partial charge in [-0.3, -0.25) is 0 Å². The summed E-state index contributed by atoms with van der Waals surface area (Å²) in [7, 11) is 0. The Balaban J connectivity index is 1.72. The second kappa shape index (κ2) is 9.00. The van der Waals surface area contributed by atoms with Crippen molar-refractivity contribution in [3.8, 4) is 23.2 Å². The first-order chi connectivity index (χ1) is 14.6. The minimum atomic E-state index is 0.276. The Kier molecular flexibility index (Phi) is 5.99. The van der Waals surface area contributed by atoms with Crippen molar-refractivity contribution in [2.24, 2.45) is 5.73 Å². The third-order valence-corrected chi connectivity index (χ3v) is 4.83. The highest BCUT2D eigenvalue weighted by molar-refractivity contribution is 5.59. The van der Waals surface area contributed by atoms with Crippen molar-refractivity contribution in [1.82, 2.24) is 20.2 Å². The molecule has 0 amide bonds. The quantitative estimate of drug-likeness (QED) is 0.465. The summed E-state index contributed by atoms with van der Waals surface area (Å²) in [5.74, 6) is 1.20. The van der Waals surface area contributed by atoms with Gasteiger partial charge < -0.3 is 14.6 Å². The van der Waals surface area contributed by atoms with Crippen LogP contribution >= 0.6 is 0 Å². The zero-order chi connectivity index (χ0) is 20.9. The van der Waals surface area contributed by atoms with Gasteiger partial charge in [-0.05, 0) is 48.9 Å². The molecule has 3 aromatic heterocycles. The predicted molar refractivity (Wildman–Crippen MR) is 114 cm³/mol. The molecule has 30 heavy (non-hydrogen) atoms. The van der Waals surface area contributed by atoms with Crippen molar-refractivity contribution in [2.45, 2.75) is 39.0 Å². The number of rotatable bonds is 8. The van der Waals surface area contributed by atoms with Gasteiger partial charge in [0.25, 0.3) is 0 Å². The van der Waals surface area contributed by atoms with Gasteiger partial charge in [0.05, 0.1) is 11.4 Å². The minimum Gasteiger partial charge on any atom is -0.443 e. The number of benzene rings is 1. The molecule has 0 saturated carbocycles. The summed E-state index contributed by atoms with van der Waals surface area (Å²) < 4.78 is 11.4. The monoisotopic (exact) mass is 403 g/mol. The Morgan fingerprint density at radius 1 is 0.967 bits per heavy atom. The lowest BCUT2D eigenvalue weighted by Gasteiger charge is -2.07. The second-order valence-electron chi connectivity index (χ2n) is 7.53. The molecule has 3 heterocycles. The Hall–Kier alpha value is -3.32. The van der Waals surface area contributed by atoms with Crippen LogP contribution in [-0.2, 0) is 12.8 Å². The molecule has 4 aromatic rings. The summed E-state index contributed by atoms with van der Waals surface area (Å²) in [4.78, 5) is 9.13. The lowest BCUT2D eigenvalue weighted by Crippen LogP contribution is -2.01. The fraction of sp³-hybridized carbons (Fsp3) is 0.304. The molecule has 2 N–H and O–H groups in total. The van der Waals surface area contributed by atoms with Gasteiger partial charge in [-0.25, -0.2) is 9.97 Å². The van der Waals surface area contributed by atoms with Crippen LogP contribution in [0.2, 0.25) is 0 Å². The van der Waals surface area contributed by atoms with E-state index in [2.05, 4.69) is 46.1 Å². The van der Waals surface area contributed by atoms with Gasteiger partial charge in [0.15, 0.2) is 5.69 Å². The molecule has 154 valence electrons. The molecule has 7 heteroatoms. The van der Waals surface area contributed by atoms with E-state index in [1.807, 2.05) is 24.3 Å². The van der Waals surface area contributed by atoms with Crippen LogP contribution in [0.15, 0.2) is 57.8 Å². The van der Waals surface area contributed by atoms with E-state index in [1.54, 1.807) is 12.5 Å². The van der Waals surface area contributed by atoms with Gasteiger partial charge in [0.2, 0.25) is 11.8 Å². The summed E-state index contributed by atoms with van der Waals surface area (Å²) >= 11 is 0. The molecule has 1 aromatic carbocycles. The van der Waals surface area contributed by atoms with Crippen LogP contribution in [-0.4, -0.2) is 26.7 Å². The lowest BCUT2D eigenvalue weighted by molar-refractivity contribution is 0.563. The fourth-order valence-corrected chi connectivity index (χ4v) is 3.15. The maximum Gasteiger partial charge on any atom is 0.247 e. The Morgan fingerprint density at radius 2 is 1.77 bits per heavy atom. The smallest absolute Gasteiger partial charge is 0.247 e. The zero-order valence-corrected chi connectivity index (χ0v) is 17.2. The van der Waals surface area contributed by atoms with Crippen molar-refractivity contribution in [3.05, 3.63) is 71.4 Å². The Morgan fingerprint density at radius 3 is 2.50 bits per heavy atom. The molecule has 0 fully saturated rings. The summed E-state index contributed by atoms with van der Waals surface area (Å²) in [5, 5.41) is 8.78. The van der Waals surface area contributed by atoms with Gasteiger partial charge in [0.1, 0.15) is 18.2 Å². The molecule has 0 radical (unpaired) electrons. The molecule has 0 spiro atoms. The van der Waals surface area contributed by atoms with E-state index in [4.69, 9.17) is 14.6 Å². The van der Waals surface area contributed by atoms with Gasteiger partial charge in [-0.15, -0.1) is 10.2 Å². The number of oxazole rings is 2. The Bertz CT molecular complexity index is 1100.